The van der Waals surface area contributed by atoms with Crippen LogP contribution in [0.2, 0.25) is 5.02 Å². The van der Waals surface area contributed by atoms with E-state index in [1.54, 1.807) is 29.9 Å². The molecule has 0 aromatic heterocycles. The fourth-order valence-electron chi connectivity index (χ4n) is 6.00. The third-order valence-corrected chi connectivity index (χ3v) is 10.2. The van der Waals surface area contributed by atoms with Crippen LogP contribution < -0.4 is 25.8 Å². The van der Waals surface area contributed by atoms with Crippen molar-refractivity contribution < 1.29 is 32.9 Å². The van der Waals surface area contributed by atoms with Gasteiger partial charge < -0.3 is 29.6 Å². The number of carbonyl (C=O) groups excluding carboxylic acids is 2. The second-order valence-electron chi connectivity index (χ2n) is 11.5. The van der Waals surface area contributed by atoms with Crippen LogP contribution in [0.25, 0.3) is 0 Å². The summed E-state index contributed by atoms with van der Waals surface area (Å²) in [5, 5.41) is 14.3. The van der Waals surface area contributed by atoms with Gasteiger partial charge in [0.2, 0.25) is 0 Å². The summed E-state index contributed by atoms with van der Waals surface area (Å²) in [5.74, 6) is 3.28. The number of nitrogens with one attached hydrogen (secondary N) is 1. The molecular formula is C33H34ClF2IN6O6. The molecule has 49 heavy (non-hydrogen) atoms. The van der Waals surface area contributed by atoms with Crippen LogP contribution in [0.15, 0.2) is 59.9 Å². The first-order chi connectivity index (χ1) is 23.4. The van der Waals surface area contributed by atoms with Crippen molar-refractivity contribution in [1.82, 2.24) is 4.90 Å². The molecule has 2 fully saturated rings. The van der Waals surface area contributed by atoms with E-state index in [0.29, 0.717) is 30.1 Å². The molecule has 3 aromatic rings. The zero-order chi connectivity index (χ0) is 35.4. The van der Waals surface area contributed by atoms with E-state index in [-0.39, 0.29) is 54.2 Å². The predicted octanol–water partition coefficient (Wildman–Crippen LogP) is 6.38. The van der Waals surface area contributed by atoms with E-state index in [0.717, 1.165) is 36.6 Å². The number of anilines is 3. The number of para-hydroxylation sites is 1. The van der Waals surface area contributed by atoms with Crippen LogP contribution in [0.5, 0.6) is 5.75 Å². The first kappa shape index (κ1) is 36.1. The van der Waals surface area contributed by atoms with Gasteiger partial charge in [-0.15, -0.1) is 0 Å². The Balaban J connectivity index is 1.35. The molecule has 0 radical (unpaired) electrons. The minimum absolute atomic E-state index is 0.0353. The van der Waals surface area contributed by atoms with Crippen molar-refractivity contribution in [2.75, 3.05) is 61.5 Å². The number of nitro groups is 1. The van der Waals surface area contributed by atoms with Crippen molar-refractivity contribution in [3.8, 4) is 5.75 Å². The molecule has 2 heterocycles. The number of benzene rings is 3. The van der Waals surface area contributed by atoms with Crippen LogP contribution in [0.3, 0.4) is 0 Å². The molecule has 3 aromatic carbocycles. The Labute approximate surface area is 300 Å². The lowest BCUT2D eigenvalue weighted by Crippen LogP contribution is -2.49. The molecule has 260 valence electrons. The molecule has 16 heteroatoms. The Bertz CT molecular complexity index is 1800. The van der Waals surface area contributed by atoms with Crippen molar-refractivity contribution in [2.45, 2.75) is 23.7 Å². The molecule has 0 aliphatic carbocycles. The maximum absolute atomic E-state index is 15.1. The number of hydrogen-bond donors (Lipinski definition) is 2. The number of alkyl halides is 1. The lowest BCUT2D eigenvalue weighted by atomic mass is 10.0. The molecule has 3 N–H and O–H groups in total. The van der Waals surface area contributed by atoms with Crippen LogP contribution in [-0.4, -0.2) is 68.0 Å². The minimum Gasteiger partial charge on any atom is -0.496 e. The van der Waals surface area contributed by atoms with Crippen molar-refractivity contribution in [3.63, 3.8) is 0 Å². The van der Waals surface area contributed by atoms with Crippen molar-refractivity contribution >= 4 is 68.8 Å². The van der Waals surface area contributed by atoms with Gasteiger partial charge in [-0.25, -0.2) is 8.78 Å². The highest BCUT2D eigenvalue weighted by atomic mass is 127. The van der Waals surface area contributed by atoms with E-state index in [9.17, 15) is 24.1 Å². The summed E-state index contributed by atoms with van der Waals surface area (Å²) in [6.45, 7) is 3.82. The van der Waals surface area contributed by atoms with Gasteiger partial charge >= 0.3 is 0 Å². The molecule has 0 bridgehead atoms. The summed E-state index contributed by atoms with van der Waals surface area (Å²) in [6.07, 6.45) is 1.70. The number of nitro benzene ring substituents is 1. The number of allylic oxidation sites excluding steroid dienone is 1. The largest absolute Gasteiger partial charge is 0.496 e. The van der Waals surface area contributed by atoms with Crippen molar-refractivity contribution in [2.24, 2.45) is 5.90 Å². The molecular weight excluding hydrogens is 777 g/mol. The third-order valence-electron chi connectivity index (χ3n) is 8.60. The van der Waals surface area contributed by atoms with Gasteiger partial charge in [0.15, 0.2) is 0 Å². The standard InChI is InChI=1S/C33H34ClF2IN6O6/c1-19(49-38)30(31(37)20-7-3-4-8-29(20)48-2)33(45)42-13-11-41(12-14-42)26-18-25(28(43(46)47)16-22(26)34)39-32(44)21-15-24(36)27(17-23(21)35)40-9-5-6-10-40/h3-4,7-8,15-18,31H,5-6,9-14,38H2,1-2H3,(H,39,44)/b30-19+. The zero-order valence-corrected chi connectivity index (χ0v) is 29.6. The second-order valence-corrected chi connectivity index (χ2v) is 13.1. The highest BCUT2D eigenvalue weighted by molar-refractivity contribution is 14.1. The molecule has 1 atom stereocenters. The number of nitrogens with zero attached hydrogens (tertiary/aromatic N) is 4. The summed E-state index contributed by atoms with van der Waals surface area (Å²) >= 11 is 8.64. The number of amides is 2. The van der Waals surface area contributed by atoms with E-state index in [2.05, 4.69) is 27.9 Å². The second kappa shape index (κ2) is 15.6. The van der Waals surface area contributed by atoms with Gasteiger partial charge in [0.1, 0.15) is 28.8 Å². The summed E-state index contributed by atoms with van der Waals surface area (Å²) < 4.78 is 35.1. The van der Waals surface area contributed by atoms with Gasteiger partial charge in [-0.3, -0.25) is 19.7 Å². The Hall–Kier alpha value is -4.22. The average Bonchev–Trinajstić information content (AvgIpc) is 3.64. The van der Waals surface area contributed by atoms with Crippen LogP contribution in [0, 0.1) is 21.7 Å². The highest BCUT2D eigenvalue weighted by Crippen LogP contribution is 2.41. The fourth-order valence-corrected chi connectivity index (χ4v) is 7.50. The number of rotatable bonds is 10. The number of nitrogens with two attached hydrogens (primary N) is 1. The molecule has 12 nitrogen and oxygen atoms in total. The number of piperazine rings is 1. The quantitative estimate of drug-likeness (QED) is 0.0596. The first-order valence-corrected chi connectivity index (χ1v) is 17.0. The SMILES string of the molecule is COc1ccccc1C(I)/C(C(=O)N1CCN(c2cc(NC(=O)c3cc(F)c(N4CCCC4)cc3F)c([N+](=O)[O-])cc2Cl)CC1)=C(/C)ON. The molecule has 2 aliphatic rings. The molecule has 2 amide bonds. The zero-order valence-electron chi connectivity index (χ0n) is 26.7. The fraction of sp³-hybridized carbons (Fsp3) is 0.333. The number of methoxy groups -OCH3 is 1. The summed E-state index contributed by atoms with van der Waals surface area (Å²) in [7, 11) is 1.55. The number of carbonyl (C=O) groups is 2. The minimum atomic E-state index is -1.06. The smallest absolute Gasteiger partial charge is 0.294 e. The average molecular weight is 811 g/mol. The van der Waals surface area contributed by atoms with Gasteiger partial charge in [0, 0.05) is 57.0 Å². The van der Waals surface area contributed by atoms with Crippen LogP contribution >= 0.6 is 34.2 Å². The molecule has 2 aliphatic heterocycles. The van der Waals surface area contributed by atoms with Gasteiger partial charge in [-0.1, -0.05) is 52.4 Å². The van der Waals surface area contributed by atoms with Crippen LogP contribution in [0.4, 0.5) is 31.5 Å². The van der Waals surface area contributed by atoms with Gasteiger partial charge in [-0.2, -0.15) is 5.90 Å². The third kappa shape index (κ3) is 7.68. The van der Waals surface area contributed by atoms with Crippen molar-refractivity contribution in [1.29, 1.82) is 0 Å². The maximum Gasteiger partial charge on any atom is 0.294 e. The lowest BCUT2D eigenvalue weighted by Gasteiger charge is -2.37. The van der Waals surface area contributed by atoms with Gasteiger partial charge in [0.05, 0.1) is 43.5 Å². The lowest BCUT2D eigenvalue weighted by molar-refractivity contribution is -0.383. The van der Waals surface area contributed by atoms with E-state index >= 15 is 4.39 Å². The van der Waals surface area contributed by atoms with Crippen LogP contribution in [0.1, 0.15) is 39.6 Å². The molecule has 0 spiro atoms. The topological polar surface area (TPSA) is 144 Å². The summed E-state index contributed by atoms with van der Waals surface area (Å²) in [5.41, 5.74) is 0.150. The number of hydrogen-bond acceptors (Lipinski definition) is 9. The number of halogens is 4. The summed E-state index contributed by atoms with van der Waals surface area (Å²) in [6, 6.07) is 11.5. The summed E-state index contributed by atoms with van der Waals surface area (Å²) in [4.78, 5) is 48.4. The van der Waals surface area contributed by atoms with E-state index in [1.807, 2.05) is 23.1 Å². The number of ether oxygens (including phenoxy) is 1. The van der Waals surface area contributed by atoms with Crippen LogP contribution in [-0.2, 0) is 9.63 Å². The Morgan fingerprint density at radius 3 is 2.29 bits per heavy atom. The molecule has 2 saturated heterocycles. The maximum atomic E-state index is 15.1. The van der Waals surface area contributed by atoms with Crippen molar-refractivity contribution in [3.05, 3.63) is 97.8 Å². The Kier molecular flexibility index (Phi) is 11.4. The van der Waals surface area contributed by atoms with Gasteiger partial charge in [0.25, 0.3) is 17.5 Å². The van der Waals surface area contributed by atoms with E-state index < -0.39 is 37.6 Å². The first-order valence-electron chi connectivity index (χ1n) is 15.4. The highest BCUT2D eigenvalue weighted by Gasteiger charge is 2.33. The Morgan fingerprint density at radius 1 is 1.00 bits per heavy atom. The monoisotopic (exact) mass is 810 g/mol. The predicted molar refractivity (Wildman–Crippen MR) is 190 cm³/mol. The van der Waals surface area contributed by atoms with Gasteiger partial charge in [-0.05, 0) is 38.0 Å². The van der Waals surface area contributed by atoms with E-state index in [4.69, 9.17) is 27.1 Å². The molecule has 1 unspecified atom stereocenters. The Morgan fingerprint density at radius 2 is 1.65 bits per heavy atom. The molecule has 0 saturated carbocycles. The normalized spacial score (nSPS) is 15.9. The molecule has 5 rings (SSSR count). The van der Waals surface area contributed by atoms with E-state index in [1.165, 1.54) is 6.07 Å².